The maximum Gasteiger partial charge on any atom is 0.387 e. The van der Waals surface area contributed by atoms with Crippen LogP contribution in [0.15, 0.2) is 41.4 Å². The summed E-state index contributed by atoms with van der Waals surface area (Å²) in [6.45, 7) is 0.0635. The molecule has 1 aliphatic heterocycles. The third-order valence-electron chi connectivity index (χ3n) is 5.14. The number of benzene rings is 2. The van der Waals surface area contributed by atoms with Crippen molar-refractivity contribution in [2.45, 2.75) is 26.5 Å². The maximum absolute atomic E-state index is 12.8. The number of aromatic nitrogens is 1. The number of halogens is 2. The van der Waals surface area contributed by atoms with Gasteiger partial charge < -0.3 is 29.8 Å². The number of para-hydroxylation sites is 1. The molecule has 1 aromatic heterocycles. The van der Waals surface area contributed by atoms with Gasteiger partial charge in [-0.3, -0.25) is 4.99 Å². The van der Waals surface area contributed by atoms with E-state index in [1.807, 2.05) is 12.1 Å². The van der Waals surface area contributed by atoms with Gasteiger partial charge in [0.05, 0.1) is 0 Å². The highest BCUT2D eigenvalue weighted by Gasteiger charge is 2.20. The molecule has 0 spiro atoms. The Morgan fingerprint density at radius 1 is 1.19 bits per heavy atom. The van der Waals surface area contributed by atoms with E-state index in [1.165, 1.54) is 17.0 Å². The van der Waals surface area contributed by atoms with Crippen LogP contribution in [0, 0.1) is 6.92 Å². The van der Waals surface area contributed by atoms with Crippen LogP contribution >= 0.6 is 0 Å². The number of aryl methyl sites for hydroxylation is 1. The Kier molecular flexibility index (Phi) is 6.11. The zero-order valence-electron chi connectivity index (χ0n) is 17.3. The summed E-state index contributed by atoms with van der Waals surface area (Å²) in [5, 5.41) is 7.60. The van der Waals surface area contributed by atoms with E-state index in [-0.39, 0.29) is 19.1 Å². The zero-order valence-corrected chi connectivity index (χ0v) is 17.3. The van der Waals surface area contributed by atoms with Crippen molar-refractivity contribution >= 4 is 16.9 Å². The number of alkyl halides is 2. The lowest BCUT2D eigenvalue weighted by Gasteiger charge is -2.15. The molecule has 2 heterocycles. The van der Waals surface area contributed by atoms with Crippen molar-refractivity contribution in [3.63, 3.8) is 0 Å². The molecule has 0 amide bonds. The number of hydrogen-bond acceptors (Lipinski definition) is 4. The SMILES string of the molecule is CN=C(NCCc1c(C)[nH]c2ccccc12)NCc1cc2c(cc1OC(F)F)OCO2. The van der Waals surface area contributed by atoms with Gasteiger partial charge in [-0.15, -0.1) is 0 Å². The van der Waals surface area contributed by atoms with Crippen molar-refractivity contribution in [1.82, 2.24) is 15.6 Å². The van der Waals surface area contributed by atoms with Crippen molar-refractivity contribution in [3.05, 3.63) is 53.2 Å². The Morgan fingerprint density at radius 2 is 1.97 bits per heavy atom. The second-order valence-corrected chi connectivity index (χ2v) is 7.07. The van der Waals surface area contributed by atoms with Crippen molar-refractivity contribution in [3.8, 4) is 17.2 Å². The van der Waals surface area contributed by atoms with Gasteiger partial charge in [0.2, 0.25) is 6.79 Å². The molecule has 0 fully saturated rings. The number of aromatic amines is 1. The normalized spacial score (nSPS) is 13.1. The van der Waals surface area contributed by atoms with Gasteiger partial charge in [0.25, 0.3) is 0 Å². The molecule has 0 radical (unpaired) electrons. The quantitative estimate of drug-likeness (QED) is 0.393. The first kappa shape index (κ1) is 20.8. The fraction of sp³-hybridized carbons (Fsp3) is 0.318. The highest BCUT2D eigenvalue weighted by atomic mass is 19.3. The summed E-state index contributed by atoms with van der Waals surface area (Å²) in [5.41, 5.74) is 4.02. The molecular weight excluding hydrogens is 406 g/mol. The van der Waals surface area contributed by atoms with E-state index in [0.717, 1.165) is 17.6 Å². The molecular formula is C22H24F2N4O3. The molecule has 0 atom stereocenters. The highest BCUT2D eigenvalue weighted by Crippen LogP contribution is 2.38. The van der Waals surface area contributed by atoms with Crippen LogP contribution in [-0.2, 0) is 13.0 Å². The fourth-order valence-electron chi connectivity index (χ4n) is 3.67. The van der Waals surface area contributed by atoms with Crippen molar-refractivity contribution in [2.75, 3.05) is 20.4 Å². The molecule has 0 unspecified atom stereocenters. The summed E-state index contributed by atoms with van der Waals surface area (Å²) in [4.78, 5) is 7.61. The molecule has 2 aromatic carbocycles. The lowest BCUT2D eigenvalue weighted by Crippen LogP contribution is -2.38. The molecule has 3 N–H and O–H groups in total. The van der Waals surface area contributed by atoms with Gasteiger partial charge >= 0.3 is 6.61 Å². The average Bonchev–Trinajstić information content (AvgIpc) is 3.33. The molecule has 3 aromatic rings. The van der Waals surface area contributed by atoms with Gasteiger partial charge in [-0.1, -0.05) is 18.2 Å². The smallest absolute Gasteiger partial charge is 0.387 e. The minimum absolute atomic E-state index is 0.0385. The third-order valence-corrected chi connectivity index (χ3v) is 5.14. The van der Waals surface area contributed by atoms with Crippen LogP contribution < -0.4 is 24.8 Å². The molecule has 4 rings (SSSR count). The molecule has 0 aliphatic carbocycles. The molecule has 0 saturated heterocycles. The van der Waals surface area contributed by atoms with E-state index in [9.17, 15) is 8.78 Å². The van der Waals surface area contributed by atoms with Crippen molar-refractivity contribution in [1.29, 1.82) is 0 Å². The largest absolute Gasteiger partial charge is 0.454 e. The number of fused-ring (bicyclic) bond motifs is 2. The summed E-state index contributed by atoms with van der Waals surface area (Å²) < 4.78 is 40.9. The van der Waals surface area contributed by atoms with E-state index < -0.39 is 6.61 Å². The van der Waals surface area contributed by atoms with Crippen LogP contribution in [0.25, 0.3) is 10.9 Å². The predicted octanol–water partition coefficient (Wildman–Crippen LogP) is 3.71. The first-order valence-electron chi connectivity index (χ1n) is 9.93. The predicted molar refractivity (Wildman–Crippen MR) is 114 cm³/mol. The number of hydrogen-bond donors (Lipinski definition) is 3. The second-order valence-electron chi connectivity index (χ2n) is 7.07. The molecule has 31 heavy (non-hydrogen) atoms. The van der Waals surface area contributed by atoms with Crippen LogP contribution in [0.3, 0.4) is 0 Å². The number of guanidine groups is 1. The van der Waals surface area contributed by atoms with Crippen LogP contribution in [0.5, 0.6) is 17.2 Å². The van der Waals surface area contributed by atoms with Crippen molar-refractivity contribution < 1.29 is 23.0 Å². The Morgan fingerprint density at radius 3 is 2.74 bits per heavy atom. The van der Waals surface area contributed by atoms with Gasteiger partial charge in [0, 0.05) is 48.4 Å². The Bertz CT molecular complexity index is 1100. The number of nitrogens with one attached hydrogen (secondary N) is 3. The van der Waals surface area contributed by atoms with Crippen LogP contribution in [0.2, 0.25) is 0 Å². The fourth-order valence-corrected chi connectivity index (χ4v) is 3.67. The summed E-state index contributed by atoms with van der Waals surface area (Å²) in [6.07, 6.45) is 0.806. The lowest BCUT2D eigenvalue weighted by atomic mass is 10.1. The molecule has 0 saturated carbocycles. The molecule has 7 nitrogen and oxygen atoms in total. The Labute approximate surface area is 178 Å². The van der Waals surface area contributed by atoms with Gasteiger partial charge in [-0.25, -0.2) is 0 Å². The van der Waals surface area contributed by atoms with E-state index in [1.54, 1.807) is 13.1 Å². The first-order chi connectivity index (χ1) is 15.0. The van der Waals surface area contributed by atoms with E-state index in [4.69, 9.17) is 9.47 Å². The van der Waals surface area contributed by atoms with Gasteiger partial charge in [0.15, 0.2) is 17.5 Å². The maximum atomic E-state index is 12.8. The summed E-state index contributed by atoms with van der Waals surface area (Å²) >= 11 is 0. The number of aliphatic imine (C=N–C) groups is 1. The molecule has 164 valence electrons. The number of nitrogens with zero attached hydrogens (tertiary/aromatic N) is 1. The summed E-state index contributed by atoms with van der Waals surface area (Å²) in [7, 11) is 1.66. The Hall–Kier alpha value is -3.49. The summed E-state index contributed by atoms with van der Waals surface area (Å²) in [5.74, 6) is 1.47. The second kappa shape index (κ2) is 9.11. The third kappa shape index (κ3) is 4.65. The lowest BCUT2D eigenvalue weighted by molar-refractivity contribution is -0.0505. The van der Waals surface area contributed by atoms with Crippen LogP contribution in [-0.4, -0.2) is 37.9 Å². The minimum atomic E-state index is -2.93. The van der Waals surface area contributed by atoms with Crippen LogP contribution in [0.4, 0.5) is 8.78 Å². The van der Waals surface area contributed by atoms with E-state index in [0.29, 0.717) is 29.6 Å². The van der Waals surface area contributed by atoms with Gasteiger partial charge in [0.1, 0.15) is 5.75 Å². The number of H-pyrrole nitrogens is 1. The summed E-state index contributed by atoms with van der Waals surface area (Å²) in [6, 6.07) is 11.2. The van der Waals surface area contributed by atoms with E-state index in [2.05, 4.69) is 44.4 Å². The number of ether oxygens (including phenoxy) is 3. The number of rotatable bonds is 7. The first-order valence-corrected chi connectivity index (χ1v) is 9.93. The minimum Gasteiger partial charge on any atom is -0.454 e. The van der Waals surface area contributed by atoms with Crippen LogP contribution in [0.1, 0.15) is 16.8 Å². The highest BCUT2D eigenvalue weighted by molar-refractivity contribution is 5.84. The van der Waals surface area contributed by atoms with Gasteiger partial charge in [-0.05, 0) is 31.0 Å². The standard InChI is InChI=1S/C22H24F2N4O3/c1-13-15(16-5-3-4-6-17(16)28-13)7-8-26-22(25-2)27-11-14-9-19-20(30-12-29-19)10-18(14)31-21(23)24/h3-6,9-10,21,28H,7-8,11-12H2,1-2H3,(H2,25,26,27). The van der Waals surface area contributed by atoms with E-state index >= 15 is 0 Å². The average molecular weight is 430 g/mol. The monoisotopic (exact) mass is 430 g/mol. The van der Waals surface area contributed by atoms with Gasteiger partial charge in [-0.2, -0.15) is 8.78 Å². The zero-order chi connectivity index (χ0) is 21.8. The molecule has 1 aliphatic rings. The molecule has 9 heteroatoms. The topological polar surface area (TPSA) is 79.9 Å². The molecule has 0 bridgehead atoms. The Balaban J connectivity index is 1.38. The van der Waals surface area contributed by atoms with Crippen molar-refractivity contribution in [2.24, 2.45) is 4.99 Å².